The SMILES string of the molecule is C[C@](C#N)(NC(=O)COc1ccc(Cl)cc1Br)C1CC1. The molecule has 1 N–H and O–H groups in total. The topological polar surface area (TPSA) is 62.1 Å². The Bertz CT molecular complexity index is 569. The van der Waals surface area contributed by atoms with E-state index in [1.165, 1.54) is 0 Å². The molecule has 0 spiro atoms. The number of nitrogens with zero attached hydrogens (tertiary/aromatic N) is 1. The van der Waals surface area contributed by atoms with Crippen molar-refractivity contribution in [3.63, 3.8) is 0 Å². The van der Waals surface area contributed by atoms with E-state index >= 15 is 0 Å². The van der Waals surface area contributed by atoms with Crippen molar-refractivity contribution in [2.75, 3.05) is 6.61 Å². The minimum absolute atomic E-state index is 0.135. The molecule has 2 rings (SSSR count). The van der Waals surface area contributed by atoms with Crippen molar-refractivity contribution >= 4 is 33.4 Å². The molecule has 0 unspecified atom stereocenters. The van der Waals surface area contributed by atoms with Crippen molar-refractivity contribution in [3.8, 4) is 11.8 Å². The predicted octanol–water partition coefficient (Wildman–Crippen LogP) is 3.29. The molecule has 0 aliphatic heterocycles. The zero-order chi connectivity index (χ0) is 14.8. The first-order chi connectivity index (χ1) is 9.44. The van der Waals surface area contributed by atoms with Crippen molar-refractivity contribution in [3.05, 3.63) is 27.7 Å². The second-order valence-electron chi connectivity index (χ2n) is 5.00. The van der Waals surface area contributed by atoms with Gasteiger partial charge in [-0.1, -0.05) is 11.6 Å². The number of hydrogen-bond acceptors (Lipinski definition) is 3. The van der Waals surface area contributed by atoms with Gasteiger partial charge in [-0.25, -0.2) is 0 Å². The van der Waals surface area contributed by atoms with E-state index in [1.807, 2.05) is 0 Å². The Hall–Kier alpha value is -1.25. The van der Waals surface area contributed by atoms with E-state index in [1.54, 1.807) is 25.1 Å². The number of nitrogens with one attached hydrogen (secondary N) is 1. The van der Waals surface area contributed by atoms with E-state index in [-0.39, 0.29) is 18.4 Å². The first-order valence-corrected chi connectivity index (χ1v) is 7.42. The predicted molar refractivity (Wildman–Crippen MR) is 79.5 cm³/mol. The van der Waals surface area contributed by atoms with Gasteiger partial charge in [0.2, 0.25) is 0 Å². The normalized spacial score (nSPS) is 16.9. The average molecular weight is 358 g/mol. The molecule has 0 bridgehead atoms. The molecular formula is C14H14BrClN2O2. The standard InChI is InChI=1S/C14H14BrClN2O2/c1-14(8-17,9-2-3-9)18-13(19)7-20-12-5-4-10(16)6-11(12)15/h4-6,9H,2-3,7H2,1H3,(H,18,19)/t14-/m1/s1. The summed E-state index contributed by atoms with van der Waals surface area (Å²) in [6.07, 6.45) is 1.96. The third-order valence-corrected chi connectivity index (χ3v) is 4.13. The molecule has 1 amide bonds. The summed E-state index contributed by atoms with van der Waals surface area (Å²) in [6.45, 7) is 1.62. The lowest BCUT2D eigenvalue weighted by molar-refractivity contribution is -0.124. The minimum atomic E-state index is -0.794. The summed E-state index contributed by atoms with van der Waals surface area (Å²) < 4.78 is 6.10. The van der Waals surface area contributed by atoms with Crippen molar-refractivity contribution in [1.82, 2.24) is 5.32 Å². The molecule has 1 aliphatic rings. The second kappa shape index (κ2) is 6.02. The van der Waals surface area contributed by atoms with Crippen LogP contribution in [0.2, 0.25) is 5.02 Å². The number of halogens is 2. The largest absolute Gasteiger partial charge is 0.483 e. The molecule has 0 saturated heterocycles. The molecule has 106 valence electrons. The Kier molecular flexibility index (Phi) is 4.56. The zero-order valence-electron chi connectivity index (χ0n) is 11.0. The highest BCUT2D eigenvalue weighted by Gasteiger charge is 2.43. The fraction of sp³-hybridized carbons (Fsp3) is 0.429. The van der Waals surface area contributed by atoms with Gasteiger partial charge in [0.05, 0.1) is 10.5 Å². The van der Waals surface area contributed by atoms with Crippen LogP contribution in [0.4, 0.5) is 0 Å². The summed E-state index contributed by atoms with van der Waals surface area (Å²) in [4.78, 5) is 11.9. The lowest BCUT2D eigenvalue weighted by atomic mass is 9.98. The highest BCUT2D eigenvalue weighted by atomic mass is 79.9. The first-order valence-electron chi connectivity index (χ1n) is 6.25. The van der Waals surface area contributed by atoms with E-state index in [0.717, 1.165) is 12.8 Å². The summed E-state index contributed by atoms with van der Waals surface area (Å²) in [7, 11) is 0. The van der Waals surface area contributed by atoms with Gasteiger partial charge in [0, 0.05) is 5.02 Å². The van der Waals surface area contributed by atoms with Crippen LogP contribution in [0.3, 0.4) is 0 Å². The number of rotatable bonds is 5. The van der Waals surface area contributed by atoms with Gasteiger partial charge in [-0.05, 0) is 59.8 Å². The summed E-state index contributed by atoms with van der Waals surface area (Å²) in [5, 5.41) is 12.5. The summed E-state index contributed by atoms with van der Waals surface area (Å²) >= 11 is 9.14. The van der Waals surface area contributed by atoms with Crippen LogP contribution in [0.1, 0.15) is 19.8 Å². The van der Waals surface area contributed by atoms with Crippen LogP contribution in [0, 0.1) is 17.2 Å². The Balaban J connectivity index is 1.90. The Morgan fingerprint density at radius 1 is 1.65 bits per heavy atom. The van der Waals surface area contributed by atoms with Gasteiger partial charge in [0.15, 0.2) is 6.61 Å². The lowest BCUT2D eigenvalue weighted by Crippen LogP contribution is -2.48. The molecule has 1 atom stereocenters. The highest BCUT2D eigenvalue weighted by Crippen LogP contribution is 2.39. The van der Waals surface area contributed by atoms with Gasteiger partial charge in [-0.15, -0.1) is 0 Å². The van der Waals surface area contributed by atoms with Crippen molar-refractivity contribution in [2.24, 2.45) is 5.92 Å². The molecule has 20 heavy (non-hydrogen) atoms. The lowest BCUT2D eigenvalue weighted by Gasteiger charge is -2.22. The van der Waals surface area contributed by atoms with Crippen molar-refractivity contribution < 1.29 is 9.53 Å². The molecule has 0 radical (unpaired) electrons. The fourth-order valence-corrected chi connectivity index (χ4v) is 2.74. The molecule has 1 aliphatic carbocycles. The summed E-state index contributed by atoms with van der Waals surface area (Å²) in [5.41, 5.74) is -0.794. The Labute approximate surface area is 131 Å². The maximum atomic E-state index is 11.9. The molecule has 1 aromatic carbocycles. The van der Waals surface area contributed by atoms with Gasteiger partial charge in [-0.2, -0.15) is 5.26 Å². The van der Waals surface area contributed by atoms with E-state index in [9.17, 15) is 10.1 Å². The third-order valence-electron chi connectivity index (χ3n) is 3.28. The molecule has 0 heterocycles. The van der Waals surface area contributed by atoms with E-state index < -0.39 is 5.54 Å². The van der Waals surface area contributed by atoms with Gasteiger partial charge in [-0.3, -0.25) is 4.79 Å². The van der Waals surface area contributed by atoms with Crippen LogP contribution in [-0.2, 0) is 4.79 Å². The van der Waals surface area contributed by atoms with Gasteiger partial charge < -0.3 is 10.1 Å². The van der Waals surface area contributed by atoms with E-state index in [0.29, 0.717) is 15.2 Å². The number of carbonyl (C=O) groups is 1. The first kappa shape index (κ1) is 15.1. The molecule has 1 fully saturated rings. The smallest absolute Gasteiger partial charge is 0.259 e. The number of amides is 1. The van der Waals surface area contributed by atoms with Gasteiger partial charge in [0.1, 0.15) is 11.3 Å². The fourth-order valence-electron chi connectivity index (χ4n) is 1.94. The van der Waals surface area contributed by atoms with Crippen LogP contribution in [-0.4, -0.2) is 18.1 Å². The minimum Gasteiger partial charge on any atom is -0.483 e. The van der Waals surface area contributed by atoms with Gasteiger partial charge >= 0.3 is 0 Å². The maximum Gasteiger partial charge on any atom is 0.259 e. The zero-order valence-corrected chi connectivity index (χ0v) is 13.3. The van der Waals surface area contributed by atoms with Crippen LogP contribution in [0.15, 0.2) is 22.7 Å². The molecule has 1 saturated carbocycles. The summed E-state index contributed by atoms with van der Waals surface area (Å²) in [6, 6.07) is 7.24. The number of carbonyl (C=O) groups excluding carboxylic acids is 1. The van der Waals surface area contributed by atoms with Crippen molar-refractivity contribution in [1.29, 1.82) is 5.26 Å². The molecule has 0 aromatic heterocycles. The number of nitriles is 1. The van der Waals surface area contributed by atoms with Crippen molar-refractivity contribution in [2.45, 2.75) is 25.3 Å². The maximum absolute atomic E-state index is 11.9. The third kappa shape index (κ3) is 3.65. The molecular weight excluding hydrogens is 344 g/mol. The number of ether oxygens (including phenoxy) is 1. The number of hydrogen-bond donors (Lipinski definition) is 1. The van der Waals surface area contributed by atoms with Crippen LogP contribution >= 0.6 is 27.5 Å². The second-order valence-corrected chi connectivity index (χ2v) is 6.29. The summed E-state index contributed by atoms with van der Waals surface area (Å²) in [5.74, 6) is 0.483. The van der Waals surface area contributed by atoms with Gasteiger partial charge in [0.25, 0.3) is 5.91 Å². The van der Waals surface area contributed by atoms with E-state index in [4.69, 9.17) is 16.3 Å². The average Bonchev–Trinajstić information content (AvgIpc) is 3.22. The van der Waals surface area contributed by atoms with Crippen LogP contribution in [0.5, 0.6) is 5.75 Å². The molecule has 1 aromatic rings. The van der Waals surface area contributed by atoms with Crippen LogP contribution < -0.4 is 10.1 Å². The van der Waals surface area contributed by atoms with E-state index in [2.05, 4.69) is 27.3 Å². The highest BCUT2D eigenvalue weighted by molar-refractivity contribution is 9.10. The Morgan fingerprint density at radius 3 is 2.90 bits per heavy atom. The molecule has 4 nitrogen and oxygen atoms in total. The monoisotopic (exact) mass is 356 g/mol. The Morgan fingerprint density at radius 2 is 2.35 bits per heavy atom. The number of benzene rings is 1. The van der Waals surface area contributed by atoms with Crippen LogP contribution in [0.25, 0.3) is 0 Å². The molecule has 6 heteroatoms. The quantitative estimate of drug-likeness (QED) is 0.879.